The molecule has 0 aliphatic heterocycles. The van der Waals surface area contributed by atoms with E-state index in [0.29, 0.717) is 0 Å². The molecule has 0 spiro atoms. The van der Waals surface area contributed by atoms with Crippen molar-refractivity contribution < 1.29 is 18.0 Å². The normalized spacial score (nSPS) is 10.2. The molecule has 5 nitrogen and oxygen atoms in total. The number of carbonyl (C=O) groups excluding carboxylic acids is 1. The first kappa shape index (κ1) is 9.00. The van der Waals surface area contributed by atoms with Crippen molar-refractivity contribution in [3.63, 3.8) is 0 Å². The van der Waals surface area contributed by atoms with Crippen LogP contribution in [0.25, 0.3) is 5.53 Å². The van der Waals surface area contributed by atoms with Crippen LogP contribution in [0.3, 0.4) is 0 Å². The summed E-state index contributed by atoms with van der Waals surface area (Å²) in [5.41, 5.74) is 8.02. The van der Waals surface area contributed by atoms with Crippen molar-refractivity contribution in [3.8, 4) is 0 Å². The van der Waals surface area contributed by atoms with Gasteiger partial charge >= 0.3 is 5.04 Å². The molecular formula is C4H6N2O3S. The number of ketones is 1. The Morgan fingerprint density at radius 3 is 1.90 bits per heavy atom. The van der Waals surface area contributed by atoms with Gasteiger partial charge in [-0.25, -0.2) is 8.42 Å². The van der Waals surface area contributed by atoms with Crippen LogP contribution >= 0.6 is 0 Å². The minimum atomic E-state index is -3.66. The maximum Gasteiger partial charge on any atom is 0.446 e. The highest BCUT2D eigenvalue weighted by molar-refractivity contribution is 8.07. The van der Waals surface area contributed by atoms with Crippen LogP contribution < -0.4 is 0 Å². The smallest absolute Gasteiger partial charge is 0.360 e. The van der Waals surface area contributed by atoms with Crippen molar-refractivity contribution in [1.29, 1.82) is 0 Å². The first-order valence-electron chi connectivity index (χ1n) is 2.32. The molecule has 0 bridgehead atoms. The Morgan fingerprint density at radius 2 is 1.90 bits per heavy atom. The molecule has 0 unspecified atom stereocenters. The lowest BCUT2D eigenvalue weighted by molar-refractivity contribution is -0.114. The van der Waals surface area contributed by atoms with E-state index in [-0.39, 0.29) is 0 Å². The Bertz CT molecular complexity index is 296. The van der Waals surface area contributed by atoms with Gasteiger partial charge in [0.2, 0.25) is 0 Å². The number of sulfone groups is 1. The number of hydrogen-bond acceptors (Lipinski definition) is 3. The lowest BCUT2D eigenvalue weighted by atomic mass is 10.5. The topological polar surface area (TPSA) is 87.6 Å². The zero-order valence-electron chi connectivity index (χ0n) is 5.53. The van der Waals surface area contributed by atoms with Crippen molar-refractivity contribution in [3.05, 3.63) is 5.53 Å². The van der Waals surface area contributed by atoms with Gasteiger partial charge in [-0.2, -0.15) is 0 Å². The Hall–Kier alpha value is -1.00. The van der Waals surface area contributed by atoms with E-state index in [2.05, 4.69) is 4.79 Å². The molecule has 0 saturated heterocycles. The number of Topliss-reactive ketones (excluding diaryl/α,β-unsaturated/α-hetero) is 1. The third kappa shape index (κ3) is 2.08. The quantitative estimate of drug-likeness (QED) is 0.220. The molecule has 0 fully saturated rings. The molecule has 0 N–H and O–H groups in total. The average molecular weight is 162 g/mol. The summed E-state index contributed by atoms with van der Waals surface area (Å²) in [7, 11) is -3.66. The summed E-state index contributed by atoms with van der Waals surface area (Å²) in [6.45, 7) is 1.01. The van der Waals surface area contributed by atoms with Crippen LogP contribution in [0.5, 0.6) is 0 Å². The predicted octanol–water partition coefficient (Wildman–Crippen LogP) is -0.752. The highest BCUT2D eigenvalue weighted by Crippen LogP contribution is 1.86. The summed E-state index contributed by atoms with van der Waals surface area (Å²) < 4.78 is 21.0. The molecule has 6 heteroatoms. The third-order valence-electron chi connectivity index (χ3n) is 0.743. The average Bonchev–Trinajstić information content (AvgIpc) is 1.60. The van der Waals surface area contributed by atoms with Gasteiger partial charge in [0.25, 0.3) is 15.6 Å². The van der Waals surface area contributed by atoms with E-state index in [1.54, 1.807) is 0 Å². The fraction of sp³-hybridized carbons (Fsp3) is 0.500. The van der Waals surface area contributed by atoms with Crippen molar-refractivity contribution in [1.82, 2.24) is 0 Å². The Morgan fingerprint density at radius 1 is 1.50 bits per heavy atom. The molecule has 0 aliphatic carbocycles. The molecule has 0 amide bonds. The van der Waals surface area contributed by atoms with Gasteiger partial charge in [0, 0.05) is 6.92 Å². The largest absolute Gasteiger partial charge is 0.446 e. The molecule has 0 aliphatic rings. The second-order valence-electron chi connectivity index (χ2n) is 1.73. The van der Waals surface area contributed by atoms with E-state index in [4.69, 9.17) is 5.53 Å². The monoisotopic (exact) mass is 162 g/mol. The number of nitrogens with zero attached hydrogens (tertiary/aromatic N) is 2. The lowest BCUT2D eigenvalue weighted by Gasteiger charge is -1.83. The number of hydrogen-bond donors (Lipinski definition) is 0. The van der Waals surface area contributed by atoms with E-state index in [1.165, 1.54) is 0 Å². The molecule has 0 atom stereocenters. The van der Waals surface area contributed by atoms with Crippen LogP contribution in [0.1, 0.15) is 6.92 Å². The van der Waals surface area contributed by atoms with Gasteiger partial charge in [0.15, 0.2) is 0 Å². The lowest BCUT2D eigenvalue weighted by Crippen LogP contribution is -2.21. The SMILES string of the molecule is CC(=O)C(=[N+]=[N-])S(C)(=O)=O. The van der Waals surface area contributed by atoms with E-state index in [1.807, 2.05) is 0 Å². The van der Waals surface area contributed by atoms with Gasteiger partial charge in [-0.15, -0.1) is 4.79 Å². The molecule has 0 radical (unpaired) electrons. The van der Waals surface area contributed by atoms with Crippen molar-refractivity contribution >= 4 is 20.7 Å². The minimum Gasteiger partial charge on any atom is -0.360 e. The predicted molar refractivity (Wildman–Crippen MR) is 34.2 cm³/mol. The van der Waals surface area contributed by atoms with E-state index in [0.717, 1.165) is 13.2 Å². The molecule has 0 saturated carbocycles. The second-order valence-corrected chi connectivity index (χ2v) is 3.66. The first-order valence-corrected chi connectivity index (χ1v) is 4.21. The maximum atomic E-state index is 10.5. The summed E-state index contributed by atoms with van der Waals surface area (Å²) in [4.78, 5) is 12.7. The third-order valence-corrected chi connectivity index (χ3v) is 1.81. The van der Waals surface area contributed by atoms with Gasteiger partial charge in [-0.1, -0.05) is 0 Å². The molecule has 0 aromatic rings. The van der Waals surface area contributed by atoms with Crippen molar-refractivity contribution in [2.24, 2.45) is 0 Å². The zero-order valence-corrected chi connectivity index (χ0v) is 6.34. The van der Waals surface area contributed by atoms with Gasteiger partial charge in [-0.3, -0.25) is 4.79 Å². The Balaban J connectivity index is 5.16. The Labute approximate surface area is 58.2 Å². The molecule has 0 aromatic carbocycles. The fourth-order valence-electron chi connectivity index (χ4n) is 0.406. The van der Waals surface area contributed by atoms with Gasteiger partial charge < -0.3 is 5.53 Å². The van der Waals surface area contributed by atoms with Crippen molar-refractivity contribution in [2.45, 2.75) is 6.92 Å². The van der Waals surface area contributed by atoms with E-state index in [9.17, 15) is 13.2 Å². The first-order chi connectivity index (χ1) is 4.39. The summed E-state index contributed by atoms with van der Waals surface area (Å²) >= 11 is 0. The van der Waals surface area contributed by atoms with Crippen LogP contribution in [-0.4, -0.2) is 30.3 Å². The second kappa shape index (κ2) is 2.72. The Kier molecular flexibility index (Phi) is 2.45. The molecule has 0 heterocycles. The van der Waals surface area contributed by atoms with Crippen molar-refractivity contribution in [2.75, 3.05) is 6.26 Å². The minimum absolute atomic E-state index is 0.773. The summed E-state index contributed by atoms with van der Waals surface area (Å²) in [5.74, 6) is -0.773. The maximum absolute atomic E-state index is 10.5. The van der Waals surface area contributed by atoms with Crippen LogP contribution in [-0.2, 0) is 14.6 Å². The highest BCUT2D eigenvalue weighted by Gasteiger charge is 2.27. The van der Waals surface area contributed by atoms with E-state index >= 15 is 0 Å². The molecule has 10 heavy (non-hydrogen) atoms. The van der Waals surface area contributed by atoms with Gasteiger partial charge in [-0.05, 0) is 0 Å². The molecular weight excluding hydrogens is 156 g/mol. The molecule has 56 valence electrons. The number of rotatable bonds is 1. The van der Waals surface area contributed by atoms with Crippen LogP contribution in [0.15, 0.2) is 0 Å². The van der Waals surface area contributed by atoms with E-state index < -0.39 is 20.7 Å². The number of carbonyl (C=O) groups is 1. The summed E-state index contributed by atoms with van der Waals surface area (Å²) in [6, 6.07) is 0. The van der Waals surface area contributed by atoms with Crippen LogP contribution in [0.4, 0.5) is 0 Å². The van der Waals surface area contributed by atoms with Crippen LogP contribution in [0.2, 0.25) is 0 Å². The van der Waals surface area contributed by atoms with Gasteiger partial charge in [0.1, 0.15) is 0 Å². The summed E-state index contributed by atoms with van der Waals surface area (Å²) in [5, 5.41) is -0.812. The highest BCUT2D eigenvalue weighted by atomic mass is 32.2. The molecule has 0 aromatic heterocycles. The fourth-order valence-corrected chi connectivity index (χ4v) is 1.08. The summed E-state index contributed by atoms with van der Waals surface area (Å²) in [6.07, 6.45) is 0.795. The standard InChI is InChI=1S/C4H6N2O3S/c1-3(7)4(6-5)10(2,8)9/h1-2H3. The van der Waals surface area contributed by atoms with Gasteiger partial charge in [0.05, 0.1) is 6.26 Å². The molecule has 0 rings (SSSR count). The van der Waals surface area contributed by atoms with Crippen LogP contribution in [0, 0.1) is 0 Å². The zero-order chi connectivity index (χ0) is 8.36.